The molecule has 0 radical (unpaired) electrons. The summed E-state index contributed by atoms with van der Waals surface area (Å²) in [4.78, 5) is 18.1. The summed E-state index contributed by atoms with van der Waals surface area (Å²) < 4.78 is 10.0. The van der Waals surface area contributed by atoms with Gasteiger partial charge < -0.3 is 19.9 Å². The van der Waals surface area contributed by atoms with Crippen molar-refractivity contribution < 1.29 is 19.4 Å². The zero-order valence-corrected chi connectivity index (χ0v) is 9.55. The van der Waals surface area contributed by atoms with Gasteiger partial charge in [0.05, 0.1) is 32.2 Å². The lowest BCUT2D eigenvalue weighted by molar-refractivity contribution is 0.0690. The molecule has 1 rings (SSSR count). The Labute approximate surface area is 98.8 Å². The van der Waals surface area contributed by atoms with Crippen LogP contribution in [0.15, 0.2) is 12.4 Å². The third-order valence-corrected chi connectivity index (χ3v) is 1.86. The maximum absolute atomic E-state index is 10.5. The highest BCUT2D eigenvalue weighted by Gasteiger charge is 2.03. The molecule has 0 bridgehead atoms. The summed E-state index contributed by atoms with van der Waals surface area (Å²) in [5.41, 5.74) is -0.0769. The van der Waals surface area contributed by atoms with Crippen LogP contribution in [0.5, 0.6) is 0 Å². The van der Waals surface area contributed by atoms with Crippen LogP contribution < -0.4 is 5.32 Å². The number of methoxy groups -OCH3 is 1. The lowest BCUT2D eigenvalue weighted by Gasteiger charge is -2.06. The molecule has 0 aliphatic heterocycles. The molecule has 0 saturated heterocycles. The van der Waals surface area contributed by atoms with Crippen LogP contribution in [0, 0.1) is 0 Å². The summed E-state index contributed by atoms with van der Waals surface area (Å²) in [6.45, 7) is 2.20. The van der Waals surface area contributed by atoms with Gasteiger partial charge in [0.25, 0.3) is 0 Å². The van der Waals surface area contributed by atoms with Crippen molar-refractivity contribution in [1.29, 1.82) is 0 Å². The van der Waals surface area contributed by atoms with E-state index in [2.05, 4.69) is 15.3 Å². The Morgan fingerprint density at radius 1 is 1.35 bits per heavy atom. The monoisotopic (exact) mass is 241 g/mol. The van der Waals surface area contributed by atoms with E-state index in [1.165, 1.54) is 12.4 Å². The van der Waals surface area contributed by atoms with Crippen molar-refractivity contribution in [3.8, 4) is 0 Å². The molecule has 0 saturated carbocycles. The highest BCUT2D eigenvalue weighted by atomic mass is 16.5. The van der Waals surface area contributed by atoms with Crippen molar-refractivity contribution in [1.82, 2.24) is 9.97 Å². The van der Waals surface area contributed by atoms with Crippen molar-refractivity contribution in [3.05, 3.63) is 18.1 Å². The minimum atomic E-state index is -1.09. The number of ether oxygens (including phenoxy) is 2. The molecule has 94 valence electrons. The second-order valence-electron chi connectivity index (χ2n) is 3.12. The quantitative estimate of drug-likeness (QED) is 0.630. The largest absolute Gasteiger partial charge is 0.476 e. The maximum atomic E-state index is 10.5. The first kappa shape index (κ1) is 13.3. The van der Waals surface area contributed by atoms with E-state index in [1.807, 2.05) is 0 Å². The van der Waals surface area contributed by atoms with Gasteiger partial charge in [0.2, 0.25) is 0 Å². The average Bonchev–Trinajstić information content (AvgIpc) is 2.34. The minimum absolute atomic E-state index is 0.0769. The molecule has 0 fully saturated rings. The number of hydrogen-bond donors (Lipinski definition) is 2. The van der Waals surface area contributed by atoms with Gasteiger partial charge in [0.1, 0.15) is 5.82 Å². The number of aromatic nitrogens is 2. The van der Waals surface area contributed by atoms with Crippen LogP contribution in [0.2, 0.25) is 0 Å². The summed E-state index contributed by atoms with van der Waals surface area (Å²) in [5, 5.41) is 11.6. The molecule has 17 heavy (non-hydrogen) atoms. The third-order valence-electron chi connectivity index (χ3n) is 1.86. The number of rotatable bonds is 8. The molecule has 0 aliphatic carbocycles. The van der Waals surface area contributed by atoms with Crippen LogP contribution >= 0.6 is 0 Å². The molecule has 1 heterocycles. The Balaban J connectivity index is 2.21. The second-order valence-corrected chi connectivity index (χ2v) is 3.12. The normalized spacial score (nSPS) is 10.2. The van der Waals surface area contributed by atoms with Crippen LogP contribution in [0.4, 0.5) is 5.82 Å². The fourth-order valence-corrected chi connectivity index (χ4v) is 1.03. The smallest absolute Gasteiger partial charge is 0.356 e. The molecular weight excluding hydrogens is 226 g/mol. The number of carboxylic acids is 1. The summed E-state index contributed by atoms with van der Waals surface area (Å²) >= 11 is 0. The van der Waals surface area contributed by atoms with Crippen molar-refractivity contribution in [2.45, 2.75) is 0 Å². The number of carbonyl (C=O) groups is 1. The van der Waals surface area contributed by atoms with Crippen LogP contribution in [0.3, 0.4) is 0 Å². The molecule has 0 aliphatic rings. The minimum Gasteiger partial charge on any atom is -0.476 e. The predicted octanol–water partition coefficient (Wildman–Crippen LogP) is 0.250. The lowest BCUT2D eigenvalue weighted by Crippen LogP contribution is -2.13. The molecule has 0 spiro atoms. The van der Waals surface area contributed by atoms with Gasteiger partial charge in [-0.3, -0.25) is 0 Å². The Kier molecular flexibility index (Phi) is 5.91. The Morgan fingerprint density at radius 2 is 2.18 bits per heavy atom. The fraction of sp³-hybridized carbons (Fsp3) is 0.500. The van der Waals surface area contributed by atoms with Gasteiger partial charge in [-0.2, -0.15) is 0 Å². The van der Waals surface area contributed by atoms with Crippen molar-refractivity contribution in [2.24, 2.45) is 0 Å². The van der Waals surface area contributed by atoms with Crippen LogP contribution in [-0.2, 0) is 9.47 Å². The number of carboxylic acid groups (broad SMARTS) is 1. The molecule has 1 aromatic rings. The van der Waals surface area contributed by atoms with Crippen LogP contribution in [0.1, 0.15) is 10.5 Å². The van der Waals surface area contributed by atoms with Gasteiger partial charge in [0, 0.05) is 13.7 Å². The summed E-state index contributed by atoms with van der Waals surface area (Å²) in [6.07, 6.45) is 2.58. The number of aromatic carboxylic acids is 1. The molecule has 0 atom stereocenters. The molecule has 0 aromatic carbocycles. The Bertz CT molecular complexity index is 342. The molecule has 1 aromatic heterocycles. The first-order valence-electron chi connectivity index (χ1n) is 5.10. The summed E-state index contributed by atoms with van der Waals surface area (Å²) in [7, 11) is 1.61. The van der Waals surface area contributed by atoms with Gasteiger partial charge in [-0.05, 0) is 0 Å². The Morgan fingerprint density at radius 3 is 2.76 bits per heavy atom. The highest BCUT2D eigenvalue weighted by molar-refractivity contribution is 5.84. The number of nitrogens with one attached hydrogen (secondary N) is 1. The molecule has 2 N–H and O–H groups in total. The van der Waals surface area contributed by atoms with Gasteiger partial charge in [-0.1, -0.05) is 0 Å². The third kappa shape index (κ3) is 5.23. The zero-order chi connectivity index (χ0) is 12.5. The van der Waals surface area contributed by atoms with E-state index in [9.17, 15) is 4.79 Å². The lowest BCUT2D eigenvalue weighted by atomic mass is 10.4. The van der Waals surface area contributed by atoms with Crippen LogP contribution in [-0.4, -0.2) is 54.5 Å². The van der Waals surface area contributed by atoms with Crippen molar-refractivity contribution >= 4 is 11.8 Å². The van der Waals surface area contributed by atoms with E-state index in [0.717, 1.165) is 0 Å². The second kappa shape index (κ2) is 7.53. The van der Waals surface area contributed by atoms with Crippen LogP contribution in [0.25, 0.3) is 0 Å². The highest BCUT2D eigenvalue weighted by Crippen LogP contribution is 2.00. The maximum Gasteiger partial charge on any atom is 0.356 e. The number of nitrogens with zero attached hydrogens (tertiary/aromatic N) is 2. The first-order valence-corrected chi connectivity index (χ1v) is 5.10. The van der Waals surface area contributed by atoms with Crippen molar-refractivity contribution in [2.75, 3.05) is 38.8 Å². The van der Waals surface area contributed by atoms with Gasteiger partial charge >= 0.3 is 5.97 Å². The van der Waals surface area contributed by atoms with Gasteiger partial charge in [0.15, 0.2) is 5.69 Å². The van der Waals surface area contributed by atoms with Gasteiger partial charge in [-0.15, -0.1) is 0 Å². The molecule has 7 nitrogen and oxygen atoms in total. The number of anilines is 1. The number of hydrogen-bond acceptors (Lipinski definition) is 6. The first-order chi connectivity index (χ1) is 8.24. The standard InChI is InChI=1S/C10H15N3O4/c1-16-4-5-17-3-2-11-9-7-12-8(6-13-9)10(14)15/h6-7H,2-5H2,1H3,(H,11,13)(H,14,15). The van der Waals surface area contributed by atoms with E-state index in [1.54, 1.807) is 7.11 Å². The zero-order valence-electron chi connectivity index (χ0n) is 9.55. The van der Waals surface area contributed by atoms with E-state index >= 15 is 0 Å². The van der Waals surface area contributed by atoms with E-state index in [4.69, 9.17) is 14.6 Å². The van der Waals surface area contributed by atoms with E-state index < -0.39 is 5.97 Å². The molecule has 7 heteroatoms. The Hall–Kier alpha value is -1.73. The molecule has 0 unspecified atom stereocenters. The van der Waals surface area contributed by atoms with Gasteiger partial charge in [-0.25, -0.2) is 14.8 Å². The SMILES string of the molecule is COCCOCCNc1cnc(C(=O)O)cn1. The average molecular weight is 241 g/mol. The van der Waals surface area contributed by atoms with E-state index in [-0.39, 0.29) is 5.69 Å². The topological polar surface area (TPSA) is 93.6 Å². The van der Waals surface area contributed by atoms with Crippen molar-refractivity contribution in [3.63, 3.8) is 0 Å². The molecular formula is C10H15N3O4. The molecule has 0 amide bonds. The predicted molar refractivity (Wildman–Crippen MR) is 60.2 cm³/mol. The summed E-state index contributed by atoms with van der Waals surface area (Å²) in [5.74, 6) is -0.572. The van der Waals surface area contributed by atoms with E-state index in [0.29, 0.717) is 32.2 Å². The fourth-order valence-electron chi connectivity index (χ4n) is 1.03. The summed E-state index contributed by atoms with van der Waals surface area (Å²) in [6, 6.07) is 0.